The molecule has 0 saturated carbocycles. The van der Waals surface area contributed by atoms with Crippen molar-refractivity contribution in [1.82, 2.24) is 4.98 Å². The van der Waals surface area contributed by atoms with Gasteiger partial charge in [-0.05, 0) is 41.1 Å². The molecule has 2 rings (SSSR count). The lowest BCUT2D eigenvalue weighted by Crippen LogP contribution is -1.81. The SMILES string of the molecule is Cc1nc(-c2ccc(F)c(Br)c2)cs1. The standard InChI is InChI=1S/C10H7BrFNS/c1-6-13-10(5-14-6)7-2-3-9(12)8(11)4-7/h2-5H,1H3. The van der Waals surface area contributed by atoms with Gasteiger partial charge in [0.05, 0.1) is 15.2 Å². The van der Waals surface area contributed by atoms with Crippen LogP contribution < -0.4 is 0 Å². The molecule has 1 aromatic heterocycles. The summed E-state index contributed by atoms with van der Waals surface area (Å²) in [4.78, 5) is 4.33. The number of aryl methyl sites for hydroxylation is 1. The molecule has 0 saturated heterocycles. The van der Waals surface area contributed by atoms with E-state index in [0.717, 1.165) is 16.3 Å². The normalized spacial score (nSPS) is 10.5. The molecule has 14 heavy (non-hydrogen) atoms. The lowest BCUT2D eigenvalue weighted by molar-refractivity contribution is 0.621. The summed E-state index contributed by atoms with van der Waals surface area (Å²) in [6, 6.07) is 4.91. The quantitative estimate of drug-likeness (QED) is 0.764. The van der Waals surface area contributed by atoms with Crippen LogP contribution in [0.15, 0.2) is 28.1 Å². The van der Waals surface area contributed by atoms with E-state index in [2.05, 4.69) is 20.9 Å². The first-order chi connectivity index (χ1) is 6.66. The lowest BCUT2D eigenvalue weighted by atomic mass is 10.2. The first-order valence-corrected chi connectivity index (χ1v) is 5.71. The van der Waals surface area contributed by atoms with E-state index < -0.39 is 0 Å². The minimum atomic E-state index is -0.249. The highest BCUT2D eigenvalue weighted by Gasteiger charge is 2.04. The van der Waals surface area contributed by atoms with Gasteiger partial charge in [0.25, 0.3) is 0 Å². The Morgan fingerprint density at radius 2 is 2.21 bits per heavy atom. The topological polar surface area (TPSA) is 12.9 Å². The fraction of sp³-hybridized carbons (Fsp3) is 0.100. The number of aromatic nitrogens is 1. The average Bonchev–Trinajstić information content (AvgIpc) is 2.57. The zero-order chi connectivity index (χ0) is 10.1. The Bertz CT molecular complexity index is 467. The van der Waals surface area contributed by atoms with Crippen LogP contribution in [0, 0.1) is 12.7 Å². The summed E-state index contributed by atoms with van der Waals surface area (Å²) in [5.74, 6) is -0.249. The highest BCUT2D eigenvalue weighted by Crippen LogP contribution is 2.25. The van der Waals surface area contributed by atoms with Crippen LogP contribution in [-0.4, -0.2) is 4.98 Å². The number of rotatable bonds is 1. The molecule has 2 aromatic rings. The van der Waals surface area contributed by atoms with Gasteiger partial charge in [-0.25, -0.2) is 9.37 Å². The lowest BCUT2D eigenvalue weighted by Gasteiger charge is -1.98. The van der Waals surface area contributed by atoms with E-state index in [4.69, 9.17) is 0 Å². The number of benzene rings is 1. The smallest absolute Gasteiger partial charge is 0.137 e. The Balaban J connectivity index is 2.47. The van der Waals surface area contributed by atoms with E-state index in [1.807, 2.05) is 12.3 Å². The molecule has 0 atom stereocenters. The Hall–Kier alpha value is -0.740. The molecule has 0 radical (unpaired) electrons. The molecule has 0 aliphatic rings. The fourth-order valence-corrected chi connectivity index (χ4v) is 2.15. The van der Waals surface area contributed by atoms with E-state index in [0.29, 0.717) is 4.47 Å². The molecule has 0 spiro atoms. The third-order valence-corrected chi connectivity index (χ3v) is 3.22. The van der Waals surface area contributed by atoms with Crippen molar-refractivity contribution >= 4 is 27.3 Å². The molecule has 0 fully saturated rings. The third-order valence-electron chi connectivity index (χ3n) is 1.83. The second kappa shape index (κ2) is 3.79. The Labute approximate surface area is 93.7 Å². The molecule has 72 valence electrons. The molecule has 4 heteroatoms. The molecule has 0 amide bonds. The first kappa shape index (κ1) is 9.80. The largest absolute Gasteiger partial charge is 0.242 e. The fourth-order valence-electron chi connectivity index (χ4n) is 1.15. The Morgan fingerprint density at radius 1 is 1.43 bits per heavy atom. The van der Waals surface area contributed by atoms with Gasteiger partial charge in [-0.1, -0.05) is 0 Å². The minimum absolute atomic E-state index is 0.249. The van der Waals surface area contributed by atoms with Crippen molar-refractivity contribution in [2.24, 2.45) is 0 Å². The van der Waals surface area contributed by atoms with Gasteiger partial charge in [0.15, 0.2) is 0 Å². The van der Waals surface area contributed by atoms with E-state index in [-0.39, 0.29) is 5.82 Å². The first-order valence-electron chi connectivity index (χ1n) is 4.04. The van der Waals surface area contributed by atoms with E-state index in [1.54, 1.807) is 23.5 Å². The molecular weight excluding hydrogens is 265 g/mol. The zero-order valence-electron chi connectivity index (χ0n) is 7.42. The van der Waals surface area contributed by atoms with E-state index in [9.17, 15) is 4.39 Å². The van der Waals surface area contributed by atoms with Crippen molar-refractivity contribution in [3.8, 4) is 11.3 Å². The summed E-state index contributed by atoms with van der Waals surface area (Å²) < 4.78 is 13.4. The molecular formula is C10H7BrFNS. The number of halogens is 2. The maximum absolute atomic E-state index is 13.0. The van der Waals surface area contributed by atoms with Gasteiger partial charge in [0.2, 0.25) is 0 Å². The zero-order valence-corrected chi connectivity index (χ0v) is 9.82. The molecule has 1 heterocycles. The van der Waals surface area contributed by atoms with Gasteiger partial charge in [0.1, 0.15) is 5.82 Å². The monoisotopic (exact) mass is 271 g/mol. The van der Waals surface area contributed by atoms with Gasteiger partial charge >= 0.3 is 0 Å². The Kier molecular flexibility index (Phi) is 2.65. The predicted octanol–water partition coefficient (Wildman–Crippen LogP) is 4.02. The molecule has 0 bridgehead atoms. The molecule has 0 aliphatic carbocycles. The maximum Gasteiger partial charge on any atom is 0.137 e. The van der Waals surface area contributed by atoms with Crippen molar-refractivity contribution < 1.29 is 4.39 Å². The van der Waals surface area contributed by atoms with Crippen LogP contribution in [-0.2, 0) is 0 Å². The van der Waals surface area contributed by atoms with Gasteiger partial charge in [0, 0.05) is 10.9 Å². The second-order valence-electron chi connectivity index (χ2n) is 2.88. The number of hydrogen-bond acceptors (Lipinski definition) is 2. The van der Waals surface area contributed by atoms with Gasteiger partial charge < -0.3 is 0 Å². The van der Waals surface area contributed by atoms with Crippen molar-refractivity contribution in [2.45, 2.75) is 6.92 Å². The van der Waals surface area contributed by atoms with Crippen LogP contribution in [0.3, 0.4) is 0 Å². The van der Waals surface area contributed by atoms with Crippen LogP contribution >= 0.6 is 27.3 Å². The van der Waals surface area contributed by atoms with Crippen LogP contribution in [0.4, 0.5) is 4.39 Å². The molecule has 0 aliphatic heterocycles. The second-order valence-corrected chi connectivity index (χ2v) is 4.80. The highest BCUT2D eigenvalue weighted by molar-refractivity contribution is 9.10. The van der Waals surface area contributed by atoms with Crippen molar-refractivity contribution in [2.75, 3.05) is 0 Å². The van der Waals surface area contributed by atoms with E-state index in [1.165, 1.54) is 6.07 Å². The van der Waals surface area contributed by atoms with Crippen LogP contribution in [0.2, 0.25) is 0 Å². The van der Waals surface area contributed by atoms with Gasteiger partial charge in [-0.3, -0.25) is 0 Å². The third kappa shape index (κ3) is 1.86. The summed E-state index contributed by atoms with van der Waals surface area (Å²) in [7, 11) is 0. The maximum atomic E-state index is 13.0. The van der Waals surface area contributed by atoms with Crippen molar-refractivity contribution in [3.63, 3.8) is 0 Å². The molecule has 0 N–H and O–H groups in total. The summed E-state index contributed by atoms with van der Waals surface area (Å²) in [5.41, 5.74) is 1.83. The van der Waals surface area contributed by atoms with Crippen molar-refractivity contribution in [1.29, 1.82) is 0 Å². The average molecular weight is 272 g/mol. The summed E-state index contributed by atoms with van der Waals surface area (Å²) in [6.07, 6.45) is 0. The minimum Gasteiger partial charge on any atom is -0.242 e. The molecule has 1 aromatic carbocycles. The number of thiazole rings is 1. The molecule has 0 unspecified atom stereocenters. The summed E-state index contributed by atoms with van der Waals surface area (Å²) >= 11 is 4.74. The summed E-state index contributed by atoms with van der Waals surface area (Å²) in [6.45, 7) is 1.95. The van der Waals surface area contributed by atoms with Gasteiger partial charge in [-0.15, -0.1) is 11.3 Å². The number of hydrogen-bond donors (Lipinski definition) is 0. The van der Waals surface area contributed by atoms with Gasteiger partial charge in [-0.2, -0.15) is 0 Å². The van der Waals surface area contributed by atoms with Crippen LogP contribution in [0.5, 0.6) is 0 Å². The van der Waals surface area contributed by atoms with Crippen molar-refractivity contribution in [3.05, 3.63) is 38.9 Å². The predicted molar refractivity (Wildman–Crippen MR) is 59.9 cm³/mol. The highest BCUT2D eigenvalue weighted by atomic mass is 79.9. The summed E-state index contributed by atoms with van der Waals surface area (Å²) in [5, 5.41) is 2.98. The molecule has 1 nitrogen and oxygen atoms in total. The number of nitrogens with zero attached hydrogens (tertiary/aromatic N) is 1. The van der Waals surface area contributed by atoms with Crippen LogP contribution in [0.25, 0.3) is 11.3 Å². The Morgan fingerprint density at radius 3 is 2.79 bits per heavy atom. The van der Waals surface area contributed by atoms with Crippen LogP contribution in [0.1, 0.15) is 5.01 Å². The van der Waals surface area contributed by atoms with E-state index >= 15 is 0 Å².